The van der Waals surface area contributed by atoms with Gasteiger partial charge in [0, 0.05) is 24.2 Å². The highest BCUT2D eigenvalue weighted by Crippen LogP contribution is 2.22. The number of hydrogen-bond donors (Lipinski definition) is 0. The van der Waals surface area contributed by atoms with Gasteiger partial charge in [0.05, 0.1) is 12.1 Å². The minimum absolute atomic E-state index is 0.102. The maximum absolute atomic E-state index is 13.3. The fourth-order valence-corrected chi connectivity index (χ4v) is 5.36. The number of fused-ring (bicyclic) bond motifs is 1. The number of pyridine rings is 1. The monoisotopic (exact) mass is 474 g/mol. The smallest absolute Gasteiger partial charge is 0.332 e. The zero-order chi connectivity index (χ0) is 23.5. The van der Waals surface area contributed by atoms with Crippen LogP contribution in [0.1, 0.15) is 23.3 Å². The highest BCUT2D eigenvalue weighted by Gasteiger charge is 2.24. The number of carbonyl (C=O) groups is 1. The van der Waals surface area contributed by atoms with Crippen LogP contribution in [-0.2, 0) is 24.3 Å². The molecule has 0 atom stereocenters. The molecule has 8 heteroatoms. The van der Waals surface area contributed by atoms with Crippen molar-refractivity contribution in [3.63, 3.8) is 0 Å². The third-order valence-corrected chi connectivity index (χ3v) is 7.37. The second-order valence-electron chi connectivity index (χ2n) is 8.72. The quantitative estimate of drug-likeness (QED) is 0.430. The van der Waals surface area contributed by atoms with Gasteiger partial charge in [0.1, 0.15) is 6.54 Å². The van der Waals surface area contributed by atoms with Crippen LogP contribution in [0.25, 0.3) is 11.0 Å². The average Bonchev–Trinajstić information content (AvgIpc) is 3.39. The summed E-state index contributed by atoms with van der Waals surface area (Å²) in [5.74, 6) is 0.443. The van der Waals surface area contributed by atoms with Crippen molar-refractivity contribution in [1.82, 2.24) is 19.0 Å². The molecule has 1 fully saturated rings. The second kappa shape index (κ2) is 9.77. The predicted octanol–water partition coefficient (Wildman–Crippen LogP) is 3.15. The number of aromatic nitrogens is 3. The Morgan fingerprint density at radius 1 is 0.971 bits per heavy atom. The molecule has 5 rings (SSSR count). The van der Waals surface area contributed by atoms with Gasteiger partial charge in [0.2, 0.25) is 5.91 Å². The van der Waals surface area contributed by atoms with Gasteiger partial charge < -0.3 is 4.90 Å². The normalized spacial score (nSPS) is 14.5. The lowest BCUT2D eigenvalue weighted by atomic mass is 9.90. The molecule has 1 aliphatic rings. The molecule has 1 aliphatic heterocycles. The summed E-state index contributed by atoms with van der Waals surface area (Å²) in [5.41, 5.74) is 1.01. The first kappa shape index (κ1) is 22.3. The molecule has 0 radical (unpaired) electrons. The zero-order valence-electron chi connectivity index (χ0n) is 18.8. The minimum atomic E-state index is -0.480. The second-order valence-corrected chi connectivity index (χ2v) is 9.76. The molecule has 4 aromatic rings. The molecule has 0 spiro atoms. The average molecular weight is 475 g/mol. The van der Waals surface area contributed by atoms with Gasteiger partial charge in [-0.05, 0) is 54.3 Å². The largest absolute Gasteiger partial charge is 0.341 e. The molecular weight excluding hydrogens is 448 g/mol. The van der Waals surface area contributed by atoms with E-state index in [-0.39, 0.29) is 24.5 Å². The highest BCUT2D eigenvalue weighted by atomic mass is 32.1. The number of likely N-dealkylation sites (tertiary alicyclic amines) is 1. The Kier molecular flexibility index (Phi) is 6.40. The minimum Gasteiger partial charge on any atom is -0.341 e. The van der Waals surface area contributed by atoms with E-state index in [1.54, 1.807) is 12.1 Å². The van der Waals surface area contributed by atoms with Crippen molar-refractivity contribution in [2.24, 2.45) is 5.92 Å². The highest BCUT2D eigenvalue weighted by molar-refractivity contribution is 7.09. The van der Waals surface area contributed by atoms with Crippen LogP contribution in [0.4, 0.5) is 0 Å². The van der Waals surface area contributed by atoms with Crippen LogP contribution in [-0.4, -0.2) is 38.0 Å². The van der Waals surface area contributed by atoms with Crippen LogP contribution in [0.3, 0.4) is 0 Å². The molecule has 1 saturated heterocycles. The van der Waals surface area contributed by atoms with Gasteiger partial charge >= 0.3 is 5.69 Å². The lowest BCUT2D eigenvalue weighted by molar-refractivity contribution is -0.133. The number of hydrogen-bond acceptors (Lipinski definition) is 5. The topological polar surface area (TPSA) is 77.2 Å². The Morgan fingerprint density at radius 2 is 1.76 bits per heavy atom. The molecule has 4 heterocycles. The Balaban J connectivity index is 1.36. The SMILES string of the molecule is O=C(Cn1c(=O)n(Cc2cccs2)c(=O)c2ncccc21)N1CCC(Cc2ccccc2)CC1. The van der Waals surface area contributed by atoms with E-state index in [0.29, 0.717) is 24.5 Å². The summed E-state index contributed by atoms with van der Waals surface area (Å²) in [6, 6.07) is 17.6. The molecule has 0 aliphatic carbocycles. The van der Waals surface area contributed by atoms with E-state index in [1.807, 2.05) is 28.5 Å². The molecule has 7 nitrogen and oxygen atoms in total. The van der Waals surface area contributed by atoms with Gasteiger partial charge in [-0.3, -0.25) is 18.7 Å². The molecule has 1 aromatic carbocycles. The van der Waals surface area contributed by atoms with Crippen LogP contribution >= 0.6 is 11.3 Å². The summed E-state index contributed by atoms with van der Waals surface area (Å²) >= 11 is 1.48. The number of carbonyl (C=O) groups excluding carboxylic acids is 1. The Labute approximate surface area is 200 Å². The fourth-order valence-electron chi connectivity index (χ4n) is 4.66. The predicted molar refractivity (Wildman–Crippen MR) is 133 cm³/mol. The maximum Gasteiger partial charge on any atom is 0.332 e. The molecule has 0 bridgehead atoms. The lowest BCUT2D eigenvalue weighted by Crippen LogP contribution is -2.45. The van der Waals surface area contributed by atoms with Gasteiger partial charge in [-0.1, -0.05) is 36.4 Å². The Morgan fingerprint density at radius 3 is 2.50 bits per heavy atom. The van der Waals surface area contributed by atoms with E-state index in [1.165, 1.54) is 32.2 Å². The molecule has 0 unspecified atom stereocenters. The van der Waals surface area contributed by atoms with Crippen LogP contribution in [0.2, 0.25) is 0 Å². The summed E-state index contributed by atoms with van der Waals surface area (Å²) in [6.45, 7) is 1.42. The number of piperidine rings is 1. The number of benzene rings is 1. The van der Waals surface area contributed by atoms with Crippen molar-refractivity contribution in [3.05, 3.63) is 97.5 Å². The van der Waals surface area contributed by atoms with Crippen molar-refractivity contribution in [1.29, 1.82) is 0 Å². The lowest BCUT2D eigenvalue weighted by Gasteiger charge is -2.32. The van der Waals surface area contributed by atoms with Crippen LogP contribution in [0, 0.1) is 5.92 Å². The first-order valence-electron chi connectivity index (χ1n) is 11.5. The molecule has 34 heavy (non-hydrogen) atoms. The van der Waals surface area contributed by atoms with E-state index < -0.39 is 11.2 Å². The van der Waals surface area contributed by atoms with Crippen LogP contribution in [0.15, 0.2) is 75.8 Å². The third kappa shape index (κ3) is 4.59. The van der Waals surface area contributed by atoms with E-state index in [0.717, 1.165) is 24.1 Å². The molecule has 0 N–H and O–H groups in total. The number of nitrogens with zero attached hydrogens (tertiary/aromatic N) is 4. The fraction of sp³-hybridized carbons (Fsp3) is 0.308. The van der Waals surface area contributed by atoms with Crippen LogP contribution < -0.4 is 11.2 Å². The van der Waals surface area contributed by atoms with E-state index >= 15 is 0 Å². The maximum atomic E-state index is 13.3. The van der Waals surface area contributed by atoms with Crippen LogP contribution in [0.5, 0.6) is 0 Å². The molecule has 3 aromatic heterocycles. The molecular formula is C26H26N4O3S. The molecule has 1 amide bonds. The first-order chi connectivity index (χ1) is 16.6. The van der Waals surface area contributed by atoms with Crippen molar-refractivity contribution >= 4 is 28.3 Å². The number of amides is 1. The molecule has 0 saturated carbocycles. The zero-order valence-corrected chi connectivity index (χ0v) is 19.6. The summed E-state index contributed by atoms with van der Waals surface area (Å²) in [6.07, 6.45) is 4.44. The van der Waals surface area contributed by atoms with Gasteiger partial charge in [-0.15, -0.1) is 11.3 Å². The van der Waals surface area contributed by atoms with E-state index in [9.17, 15) is 14.4 Å². The Bertz CT molecular complexity index is 1400. The van der Waals surface area contributed by atoms with Gasteiger partial charge in [0.25, 0.3) is 5.56 Å². The standard InChI is InChI=1S/C26H26N4O3S/c31-23(28-13-10-20(11-14-28)16-19-6-2-1-3-7-19)18-29-22-9-4-12-27-24(22)25(32)30(26(29)33)17-21-8-5-15-34-21/h1-9,12,15,20H,10-11,13-14,16-18H2. The number of rotatable bonds is 6. The van der Waals surface area contributed by atoms with Crippen molar-refractivity contribution < 1.29 is 4.79 Å². The summed E-state index contributed by atoms with van der Waals surface area (Å²) in [7, 11) is 0. The van der Waals surface area contributed by atoms with Crippen molar-refractivity contribution in [2.75, 3.05) is 13.1 Å². The Hall–Kier alpha value is -3.52. The van der Waals surface area contributed by atoms with Crippen molar-refractivity contribution in [3.8, 4) is 0 Å². The summed E-state index contributed by atoms with van der Waals surface area (Å²) < 4.78 is 2.58. The third-order valence-electron chi connectivity index (χ3n) is 6.51. The van der Waals surface area contributed by atoms with Crippen molar-refractivity contribution in [2.45, 2.75) is 32.4 Å². The van der Waals surface area contributed by atoms with Gasteiger partial charge in [-0.2, -0.15) is 0 Å². The van der Waals surface area contributed by atoms with Gasteiger partial charge in [-0.25, -0.2) is 9.78 Å². The summed E-state index contributed by atoms with van der Waals surface area (Å²) in [5, 5.41) is 1.91. The van der Waals surface area contributed by atoms with E-state index in [4.69, 9.17) is 0 Å². The number of thiophene rings is 1. The first-order valence-corrected chi connectivity index (χ1v) is 12.4. The van der Waals surface area contributed by atoms with Gasteiger partial charge in [0.15, 0.2) is 5.52 Å². The summed E-state index contributed by atoms with van der Waals surface area (Å²) in [4.78, 5) is 46.5. The van der Waals surface area contributed by atoms with E-state index in [2.05, 4.69) is 29.2 Å². The molecule has 174 valence electrons.